The minimum absolute atomic E-state index is 0.00981. The summed E-state index contributed by atoms with van der Waals surface area (Å²) in [4.78, 5) is 35.4. The number of carbonyl (C=O) groups excluding carboxylic acids is 3. The van der Waals surface area contributed by atoms with Crippen LogP contribution in [0, 0.1) is 5.92 Å². The van der Waals surface area contributed by atoms with E-state index in [-0.39, 0.29) is 23.3 Å². The maximum absolute atomic E-state index is 12.2. The smallest absolute Gasteiger partial charge is 0.158 e. The molecular formula is C17H26O3. The van der Waals surface area contributed by atoms with E-state index in [1.807, 2.05) is 20.8 Å². The zero-order valence-corrected chi connectivity index (χ0v) is 13.7. The summed E-state index contributed by atoms with van der Waals surface area (Å²) in [6.07, 6.45) is 0.707. The summed E-state index contributed by atoms with van der Waals surface area (Å²) < 4.78 is 0. The van der Waals surface area contributed by atoms with Gasteiger partial charge in [-0.3, -0.25) is 14.4 Å². The second kappa shape index (κ2) is 7.93. The highest BCUT2D eigenvalue weighted by atomic mass is 16.1. The van der Waals surface area contributed by atoms with Gasteiger partial charge in [-0.2, -0.15) is 0 Å². The lowest BCUT2D eigenvalue weighted by molar-refractivity contribution is -0.119. The van der Waals surface area contributed by atoms with E-state index < -0.39 is 0 Å². The average Bonchev–Trinajstić information content (AvgIpc) is 2.36. The average molecular weight is 278 g/mol. The SMILES string of the molecule is CCC(=O)/C(CC(C(C)=O)=C(C)C)=C(/C)C(C)C(C)=O. The first-order chi connectivity index (χ1) is 9.13. The number of Topliss-reactive ketones (excluding diaryl/α,β-unsaturated/α-hetero) is 3. The van der Waals surface area contributed by atoms with E-state index in [2.05, 4.69) is 0 Å². The number of rotatable bonds is 7. The quantitative estimate of drug-likeness (QED) is 0.665. The lowest BCUT2D eigenvalue weighted by Crippen LogP contribution is -2.15. The fourth-order valence-corrected chi connectivity index (χ4v) is 2.07. The highest BCUT2D eigenvalue weighted by Crippen LogP contribution is 2.25. The van der Waals surface area contributed by atoms with Gasteiger partial charge in [0.25, 0.3) is 0 Å². The van der Waals surface area contributed by atoms with E-state index in [1.54, 1.807) is 13.8 Å². The summed E-state index contributed by atoms with van der Waals surface area (Å²) in [7, 11) is 0. The van der Waals surface area contributed by atoms with Crippen LogP contribution in [0.15, 0.2) is 22.3 Å². The molecule has 0 radical (unpaired) electrons. The van der Waals surface area contributed by atoms with E-state index in [0.717, 1.165) is 11.1 Å². The minimum Gasteiger partial charge on any atom is -0.299 e. The molecule has 0 aliphatic carbocycles. The number of hydrogen-bond donors (Lipinski definition) is 0. The Labute approximate surface area is 122 Å². The van der Waals surface area contributed by atoms with Gasteiger partial charge in [0.15, 0.2) is 11.6 Å². The molecule has 0 saturated heterocycles. The van der Waals surface area contributed by atoms with Gasteiger partial charge >= 0.3 is 0 Å². The molecule has 1 unspecified atom stereocenters. The third-order valence-corrected chi connectivity index (χ3v) is 3.78. The van der Waals surface area contributed by atoms with Crippen LogP contribution >= 0.6 is 0 Å². The standard InChI is InChI=1S/C17H26O3/c1-8-17(20)16(12(5)11(4)13(6)18)9-15(10(2)3)14(7)19/h11H,8-9H2,1-7H3/b16-12-. The van der Waals surface area contributed by atoms with Gasteiger partial charge in [-0.1, -0.05) is 25.0 Å². The molecular weight excluding hydrogens is 252 g/mol. The molecule has 0 N–H and O–H groups in total. The molecule has 1 atom stereocenters. The van der Waals surface area contributed by atoms with Crippen molar-refractivity contribution in [3.8, 4) is 0 Å². The molecule has 0 heterocycles. The number of ketones is 3. The summed E-state index contributed by atoms with van der Waals surface area (Å²) in [5, 5.41) is 0. The summed E-state index contributed by atoms with van der Waals surface area (Å²) in [6, 6.07) is 0. The third-order valence-electron chi connectivity index (χ3n) is 3.78. The first kappa shape index (κ1) is 18.5. The van der Waals surface area contributed by atoms with Crippen LogP contribution in [0.1, 0.15) is 61.3 Å². The Morgan fingerprint density at radius 2 is 1.40 bits per heavy atom. The fourth-order valence-electron chi connectivity index (χ4n) is 2.07. The topological polar surface area (TPSA) is 51.2 Å². The maximum Gasteiger partial charge on any atom is 0.158 e. The molecule has 3 nitrogen and oxygen atoms in total. The Balaban J connectivity index is 5.78. The maximum atomic E-state index is 12.2. The van der Waals surface area contributed by atoms with Crippen molar-refractivity contribution in [2.24, 2.45) is 5.92 Å². The summed E-state index contributed by atoms with van der Waals surface area (Å²) in [5.41, 5.74) is 2.98. The van der Waals surface area contributed by atoms with Crippen molar-refractivity contribution < 1.29 is 14.4 Å². The third kappa shape index (κ3) is 4.87. The van der Waals surface area contributed by atoms with Crippen LogP contribution in [0.4, 0.5) is 0 Å². The van der Waals surface area contributed by atoms with Crippen LogP contribution in [-0.4, -0.2) is 17.3 Å². The first-order valence-corrected chi connectivity index (χ1v) is 7.03. The zero-order chi connectivity index (χ0) is 16.0. The van der Waals surface area contributed by atoms with Crippen LogP contribution < -0.4 is 0 Å². The number of allylic oxidation sites excluding steroid dienone is 4. The molecule has 112 valence electrons. The van der Waals surface area contributed by atoms with Crippen LogP contribution in [0.2, 0.25) is 0 Å². The van der Waals surface area contributed by atoms with Gasteiger partial charge in [-0.05, 0) is 45.8 Å². The van der Waals surface area contributed by atoms with Crippen LogP contribution in [0.25, 0.3) is 0 Å². The molecule has 20 heavy (non-hydrogen) atoms. The van der Waals surface area contributed by atoms with Crippen molar-refractivity contribution in [2.75, 3.05) is 0 Å². The molecule has 0 aliphatic rings. The van der Waals surface area contributed by atoms with Gasteiger partial charge in [-0.25, -0.2) is 0 Å². The van der Waals surface area contributed by atoms with E-state index >= 15 is 0 Å². The molecule has 0 bridgehead atoms. The molecule has 0 amide bonds. The van der Waals surface area contributed by atoms with Gasteiger partial charge in [-0.15, -0.1) is 0 Å². The monoisotopic (exact) mass is 278 g/mol. The van der Waals surface area contributed by atoms with Gasteiger partial charge in [0.2, 0.25) is 0 Å². The van der Waals surface area contributed by atoms with Crippen LogP contribution in [0.5, 0.6) is 0 Å². The van der Waals surface area contributed by atoms with Gasteiger partial charge in [0.05, 0.1) is 0 Å². The lowest BCUT2D eigenvalue weighted by Gasteiger charge is -2.16. The predicted molar refractivity (Wildman–Crippen MR) is 81.5 cm³/mol. The number of carbonyl (C=O) groups is 3. The minimum atomic E-state index is -0.286. The molecule has 0 aromatic heterocycles. The summed E-state index contributed by atoms with van der Waals surface area (Å²) in [5.74, 6) is -0.262. The van der Waals surface area contributed by atoms with Crippen molar-refractivity contribution in [1.82, 2.24) is 0 Å². The van der Waals surface area contributed by atoms with E-state index in [0.29, 0.717) is 24.0 Å². The molecule has 0 fully saturated rings. The Morgan fingerprint density at radius 1 is 0.900 bits per heavy atom. The van der Waals surface area contributed by atoms with Crippen LogP contribution in [-0.2, 0) is 14.4 Å². The van der Waals surface area contributed by atoms with E-state index in [9.17, 15) is 14.4 Å². The van der Waals surface area contributed by atoms with Gasteiger partial charge in [0, 0.05) is 18.8 Å². The van der Waals surface area contributed by atoms with Crippen molar-refractivity contribution >= 4 is 17.3 Å². The lowest BCUT2D eigenvalue weighted by atomic mass is 9.86. The Kier molecular flexibility index (Phi) is 7.33. The Morgan fingerprint density at radius 3 is 1.70 bits per heavy atom. The Hall–Kier alpha value is -1.51. The van der Waals surface area contributed by atoms with E-state index in [4.69, 9.17) is 0 Å². The van der Waals surface area contributed by atoms with E-state index in [1.165, 1.54) is 13.8 Å². The van der Waals surface area contributed by atoms with Gasteiger partial charge in [0.1, 0.15) is 5.78 Å². The predicted octanol–water partition coefficient (Wildman–Crippen LogP) is 3.82. The molecule has 0 rings (SSSR count). The van der Waals surface area contributed by atoms with Crippen molar-refractivity contribution in [1.29, 1.82) is 0 Å². The first-order valence-electron chi connectivity index (χ1n) is 7.03. The largest absolute Gasteiger partial charge is 0.299 e. The highest BCUT2D eigenvalue weighted by molar-refractivity contribution is 6.01. The summed E-state index contributed by atoms with van der Waals surface area (Å²) >= 11 is 0. The van der Waals surface area contributed by atoms with Crippen molar-refractivity contribution in [2.45, 2.75) is 61.3 Å². The second-order valence-corrected chi connectivity index (χ2v) is 5.48. The fraction of sp³-hybridized carbons (Fsp3) is 0.588. The zero-order valence-electron chi connectivity index (χ0n) is 13.7. The van der Waals surface area contributed by atoms with Crippen LogP contribution in [0.3, 0.4) is 0 Å². The van der Waals surface area contributed by atoms with Crippen molar-refractivity contribution in [3.05, 3.63) is 22.3 Å². The molecule has 0 aliphatic heterocycles. The molecule has 3 heteroatoms. The molecule has 0 spiro atoms. The Bertz CT molecular complexity index is 474. The second-order valence-electron chi connectivity index (χ2n) is 5.48. The normalized spacial score (nSPS) is 13.3. The number of hydrogen-bond acceptors (Lipinski definition) is 3. The molecule has 0 aromatic carbocycles. The molecule has 0 aromatic rings. The van der Waals surface area contributed by atoms with Gasteiger partial charge < -0.3 is 0 Å². The van der Waals surface area contributed by atoms with Crippen molar-refractivity contribution in [3.63, 3.8) is 0 Å². The highest BCUT2D eigenvalue weighted by Gasteiger charge is 2.21. The molecule has 0 saturated carbocycles. The summed E-state index contributed by atoms with van der Waals surface area (Å²) in [6.45, 7) is 12.2.